The van der Waals surface area contributed by atoms with Crippen molar-refractivity contribution in [3.8, 4) is 11.8 Å². The van der Waals surface area contributed by atoms with E-state index in [9.17, 15) is 4.79 Å². The number of benzene rings is 1. The molecular formula is C17H16N2O2. The van der Waals surface area contributed by atoms with Gasteiger partial charge < -0.3 is 10.0 Å². The van der Waals surface area contributed by atoms with Crippen molar-refractivity contribution in [3.05, 3.63) is 59.9 Å². The van der Waals surface area contributed by atoms with Crippen LogP contribution in [0.1, 0.15) is 22.8 Å². The molecule has 0 fully saturated rings. The second-order valence-electron chi connectivity index (χ2n) is 4.27. The van der Waals surface area contributed by atoms with Crippen molar-refractivity contribution in [2.24, 2.45) is 0 Å². The average Bonchev–Trinajstić information content (AvgIpc) is 2.55. The van der Waals surface area contributed by atoms with Crippen LogP contribution in [0.2, 0.25) is 0 Å². The third-order valence-corrected chi connectivity index (χ3v) is 2.98. The molecule has 4 nitrogen and oxygen atoms in total. The molecule has 1 aromatic heterocycles. The zero-order chi connectivity index (χ0) is 15.1. The number of nitrogens with zero attached hydrogens (tertiary/aromatic N) is 2. The summed E-state index contributed by atoms with van der Waals surface area (Å²) in [4.78, 5) is 18.4. The number of hydrogen-bond donors (Lipinski definition) is 1. The van der Waals surface area contributed by atoms with Crippen LogP contribution in [0.4, 0.5) is 5.69 Å². The Morgan fingerprint density at radius 3 is 2.71 bits per heavy atom. The average molecular weight is 280 g/mol. The molecular weight excluding hydrogens is 264 g/mol. The number of aliphatic hydroxyl groups excluding tert-OH is 1. The Hall–Kier alpha value is -2.64. The fraction of sp³-hybridized carbons (Fsp3) is 0.176. The largest absolute Gasteiger partial charge is 0.384 e. The molecule has 0 atom stereocenters. The fourth-order valence-corrected chi connectivity index (χ4v) is 2.01. The van der Waals surface area contributed by atoms with E-state index < -0.39 is 0 Å². The van der Waals surface area contributed by atoms with Crippen molar-refractivity contribution in [2.75, 3.05) is 18.1 Å². The van der Waals surface area contributed by atoms with Crippen LogP contribution in [0.15, 0.2) is 48.8 Å². The molecule has 1 aromatic carbocycles. The first-order valence-corrected chi connectivity index (χ1v) is 6.68. The van der Waals surface area contributed by atoms with Crippen LogP contribution in [0, 0.1) is 11.8 Å². The first kappa shape index (κ1) is 14.8. The smallest absolute Gasteiger partial charge is 0.259 e. The monoisotopic (exact) mass is 280 g/mol. The Kier molecular flexibility index (Phi) is 5.08. The summed E-state index contributed by atoms with van der Waals surface area (Å²) >= 11 is 0. The van der Waals surface area contributed by atoms with E-state index in [1.807, 2.05) is 37.3 Å². The van der Waals surface area contributed by atoms with E-state index in [1.54, 1.807) is 17.2 Å². The van der Waals surface area contributed by atoms with Crippen molar-refractivity contribution in [1.82, 2.24) is 4.98 Å². The molecule has 0 aliphatic heterocycles. The van der Waals surface area contributed by atoms with Crippen molar-refractivity contribution in [3.63, 3.8) is 0 Å². The highest BCUT2D eigenvalue weighted by Gasteiger charge is 2.18. The molecule has 0 bridgehead atoms. The molecule has 0 aliphatic carbocycles. The van der Waals surface area contributed by atoms with E-state index in [4.69, 9.17) is 5.11 Å². The Morgan fingerprint density at radius 2 is 2.05 bits per heavy atom. The lowest BCUT2D eigenvalue weighted by Gasteiger charge is -2.21. The number of aromatic nitrogens is 1. The summed E-state index contributed by atoms with van der Waals surface area (Å²) in [6.07, 6.45) is 3.10. The normalized spacial score (nSPS) is 9.62. The van der Waals surface area contributed by atoms with E-state index in [1.165, 1.54) is 6.20 Å². The van der Waals surface area contributed by atoms with Crippen molar-refractivity contribution in [1.29, 1.82) is 0 Å². The van der Waals surface area contributed by atoms with Crippen LogP contribution in [-0.2, 0) is 0 Å². The predicted octanol–water partition coefficient (Wildman–Crippen LogP) is 2.09. The molecule has 0 spiro atoms. The lowest BCUT2D eigenvalue weighted by molar-refractivity contribution is 0.0988. The lowest BCUT2D eigenvalue weighted by atomic mass is 10.1. The number of hydrogen-bond acceptors (Lipinski definition) is 3. The first-order chi connectivity index (χ1) is 10.3. The molecule has 1 N–H and O–H groups in total. The molecule has 1 amide bonds. The van der Waals surface area contributed by atoms with Gasteiger partial charge in [0.15, 0.2) is 0 Å². The Balaban J connectivity index is 2.39. The third-order valence-electron chi connectivity index (χ3n) is 2.98. The summed E-state index contributed by atoms with van der Waals surface area (Å²) in [7, 11) is 0. The molecule has 1 heterocycles. The van der Waals surface area contributed by atoms with Gasteiger partial charge in [-0.2, -0.15) is 0 Å². The van der Waals surface area contributed by atoms with E-state index in [-0.39, 0.29) is 12.5 Å². The van der Waals surface area contributed by atoms with Crippen molar-refractivity contribution < 1.29 is 9.90 Å². The summed E-state index contributed by atoms with van der Waals surface area (Å²) in [5, 5.41) is 8.80. The minimum Gasteiger partial charge on any atom is -0.384 e. The number of para-hydroxylation sites is 1. The highest BCUT2D eigenvalue weighted by molar-refractivity contribution is 6.07. The van der Waals surface area contributed by atoms with E-state index in [2.05, 4.69) is 16.8 Å². The van der Waals surface area contributed by atoms with Gasteiger partial charge in [-0.1, -0.05) is 30.0 Å². The molecule has 0 radical (unpaired) electrons. The van der Waals surface area contributed by atoms with Crippen LogP contribution in [0.5, 0.6) is 0 Å². The number of anilines is 1. The second kappa shape index (κ2) is 7.22. The van der Waals surface area contributed by atoms with E-state index in [0.717, 1.165) is 5.69 Å². The minimum absolute atomic E-state index is 0.131. The highest BCUT2D eigenvalue weighted by atomic mass is 16.2. The third kappa shape index (κ3) is 3.47. The van der Waals surface area contributed by atoms with Gasteiger partial charge in [0.2, 0.25) is 0 Å². The van der Waals surface area contributed by atoms with Gasteiger partial charge in [0, 0.05) is 24.6 Å². The number of carbonyl (C=O) groups excluding carboxylic acids is 1. The maximum absolute atomic E-state index is 12.7. The van der Waals surface area contributed by atoms with E-state index >= 15 is 0 Å². The Bertz CT molecular complexity index is 672. The Labute approximate surface area is 124 Å². The summed E-state index contributed by atoms with van der Waals surface area (Å²) < 4.78 is 0. The summed E-state index contributed by atoms with van der Waals surface area (Å²) in [6, 6.07) is 11.1. The van der Waals surface area contributed by atoms with Gasteiger partial charge in [-0.25, -0.2) is 0 Å². The number of carbonyl (C=O) groups is 1. The van der Waals surface area contributed by atoms with Gasteiger partial charge in [-0.15, -0.1) is 0 Å². The quantitative estimate of drug-likeness (QED) is 0.876. The van der Waals surface area contributed by atoms with Crippen LogP contribution < -0.4 is 4.90 Å². The van der Waals surface area contributed by atoms with Gasteiger partial charge in [-0.3, -0.25) is 9.78 Å². The van der Waals surface area contributed by atoms with Gasteiger partial charge in [0.05, 0.1) is 11.1 Å². The fourth-order valence-electron chi connectivity index (χ4n) is 2.01. The van der Waals surface area contributed by atoms with Crippen LogP contribution >= 0.6 is 0 Å². The molecule has 0 unspecified atom stereocenters. The summed E-state index contributed by atoms with van der Waals surface area (Å²) in [5.41, 5.74) is 1.84. The van der Waals surface area contributed by atoms with Gasteiger partial charge in [0.25, 0.3) is 5.91 Å². The van der Waals surface area contributed by atoms with Crippen molar-refractivity contribution >= 4 is 11.6 Å². The highest BCUT2D eigenvalue weighted by Crippen LogP contribution is 2.18. The molecule has 106 valence electrons. The molecule has 0 aliphatic rings. The first-order valence-electron chi connectivity index (χ1n) is 6.68. The second-order valence-corrected chi connectivity index (χ2v) is 4.27. The van der Waals surface area contributed by atoms with Gasteiger partial charge in [0.1, 0.15) is 6.61 Å². The van der Waals surface area contributed by atoms with Gasteiger partial charge >= 0.3 is 0 Å². The number of amides is 1. The molecule has 2 aromatic rings. The summed E-state index contributed by atoms with van der Waals surface area (Å²) in [5.74, 6) is 5.18. The van der Waals surface area contributed by atoms with Gasteiger partial charge in [-0.05, 0) is 25.1 Å². The Morgan fingerprint density at radius 1 is 1.29 bits per heavy atom. The number of rotatable bonds is 3. The summed E-state index contributed by atoms with van der Waals surface area (Å²) in [6.45, 7) is 2.22. The number of pyridine rings is 1. The van der Waals surface area contributed by atoms with Crippen LogP contribution in [-0.4, -0.2) is 29.1 Å². The maximum Gasteiger partial charge on any atom is 0.259 e. The number of aliphatic hydroxyl groups is 1. The van der Waals surface area contributed by atoms with Crippen LogP contribution in [0.25, 0.3) is 0 Å². The molecule has 21 heavy (non-hydrogen) atoms. The van der Waals surface area contributed by atoms with E-state index in [0.29, 0.717) is 17.7 Å². The molecule has 0 saturated heterocycles. The zero-order valence-corrected chi connectivity index (χ0v) is 11.8. The lowest BCUT2D eigenvalue weighted by Crippen LogP contribution is -2.31. The zero-order valence-electron chi connectivity index (χ0n) is 11.8. The van der Waals surface area contributed by atoms with Crippen molar-refractivity contribution in [2.45, 2.75) is 6.92 Å². The topological polar surface area (TPSA) is 53.4 Å². The maximum atomic E-state index is 12.7. The molecule has 4 heteroatoms. The SMILES string of the molecule is CCN(C(=O)c1ccncc1C#CCO)c1ccccc1. The minimum atomic E-state index is -0.251. The standard InChI is InChI=1S/C17H16N2O2/c1-2-19(15-8-4-3-5-9-15)17(21)16-10-11-18-13-14(16)7-6-12-20/h3-5,8-11,13,20H,2,12H2,1H3. The van der Waals surface area contributed by atoms with Crippen LogP contribution in [0.3, 0.4) is 0 Å². The molecule has 2 rings (SSSR count). The predicted molar refractivity (Wildman–Crippen MR) is 82.0 cm³/mol. The molecule has 0 saturated carbocycles.